The van der Waals surface area contributed by atoms with Crippen LogP contribution in [0.25, 0.3) is 0 Å². The summed E-state index contributed by atoms with van der Waals surface area (Å²) in [4.78, 5) is 0. The van der Waals surface area contributed by atoms with Gasteiger partial charge in [0.15, 0.2) is 11.5 Å². The van der Waals surface area contributed by atoms with Gasteiger partial charge in [-0.3, -0.25) is 0 Å². The van der Waals surface area contributed by atoms with Crippen LogP contribution in [0.2, 0.25) is 0 Å². The summed E-state index contributed by atoms with van der Waals surface area (Å²) < 4.78 is 11.3. The number of hydrogen-bond acceptors (Lipinski definition) is 2. The van der Waals surface area contributed by atoms with Crippen LogP contribution in [0.4, 0.5) is 0 Å². The summed E-state index contributed by atoms with van der Waals surface area (Å²) in [5, 5.41) is 0. The first-order chi connectivity index (χ1) is 8.31. The van der Waals surface area contributed by atoms with E-state index in [1.54, 1.807) is 0 Å². The second-order valence-corrected chi connectivity index (χ2v) is 4.17. The molecule has 0 radical (unpaired) electrons. The van der Waals surface area contributed by atoms with Crippen LogP contribution < -0.4 is 9.47 Å². The van der Waals surface area contributed by atoms with Crippen molar-refractivity contribution in [3.63, 3.8) is 0 Å². The molecule has 0 atom stereocenters. The van der Waals surface area contributed by atoms with E-state index in [9.17, 15) is 0 Å². The van der Waals surface area contributed by atoms with Gasteiger partial charge in [0.1, 0.15) is 0 Å². The van der Waals surface area contributed by atoms with Crippen LogP contribution in [0.1, 0.15) is 38.7 Å². The molecule has 0 aliphatic heterocycles. The Labute approximate surface area is 109 Å². The Morgan fingerprint density at radius 3 is 2.53 bits per heavy atom. The van der Waals surface area contributed by atoms with Crippen LogP contribution in [0.15, 0.2) is 18.2 Å². The van der Waals surface area contributed by atoms with Crippen molar-refractivity contribution in [2.24, 2.45) is 0 Å². The molecule has 3 heteroatoms. The fourth-order valence-corrected chi connectivity index (χ4v) is 1.72. The van der Waals surface area contributed by atoms with Crippen LogP contribution in [0.5, 0.6) is 11.5 Å². The summed E-state index contributed by atoms with van der Waals surface area (Å²) in [6.07, 6.45) is 3.48. The van der Waals surface area contributed by atoms with Crippen LogP contribution in [-0.4, -0.2) is 13.2 Å². The number of hydrogen-bond donors (Lipinski definition) is 0. The van der Waals surface area contributed by atoms with Crippen LogP contribution in [-0.2, 0) is 5.88 Å². The molecule has 0 amide bonds. The molecule has 1 aromatic carbocycles. The summed E-state index contributed by atoms with van der Waals surface area (Å²) in [6.45, 7) is 5.53. The van der Waals surface area contributed by atoms with Crippen LogP contribution in [0.3, 0.4) is 0 Å². The maximum atomic E-state index is 5.80. The topological polar surface area (TPSA) is 18.5 Å². The van der Waals surface area contributed by atoms with E-state index in [-0.39, 0.29) is 0 Å². The van der Waals surface area contributed by atoms with Crippen molar-refractivity contribution in [1.82, 2.24) is 0 Å². The van der Waals surface area contributed by atoms with E-state index >= 15 is 0 Å². The summed E-state index contributed by atoms with van der Waals surface area (Å²) >= 11 is 5.80. The molecule has 96 valence electrons. The van der Waals surface area contributed by atoms with Crippen LogP contribution in [0, 0.1) is 0 Å². The van der Waals surface area contributed by atoms with Crippen molar-refractivity contribution in [3.8, 4) is 11.5 Å². The molecule has 1 aromatic rings. The molecule has 0 aromatic heterocycles. The molecule has 0 aliphatic carbocycles. The van der Waals surface area contributed by atoms with Gasteiger partial charge in [-0.15, -0.1) is 11.6 Å². The fourth-order valence-electron chi connectivity index (χ4n) is 1.56. The first-order valence-electron chi connectivity index (χ1n) is 6.26. The van der Waals surface area contributed by atoms with Gasteiger partial charge in [-0.05, 0) is 31.0 Å². The second-order valence-electron chi connectivity index (χ2n) is 3.90. The third-order valence-corrected chi connectivity index (χ3v) is 2.78. The molecule has 0 N–H and O–H groups in total. The predicted molar refractivity (Wildman–Crippen MR) is 72.2 cm³/mol. The zero-order valence-electron chi connectivity index (χ0n) is 10.7. The number of ether oxygens (including phenoxy) is 2. The van der Waals surface area contributed by atoms with Crippen molar-refractivity contribution in [2.45, 2.75) is 39.0 Å². The van der Waals surface area contributed by atoms with E-state index in [2.05, 4.69) is 6.92 Å². The lowest BCUT2D eigenvalue weighted by Crippen LogP contribution is -2.01. The van der Waals surface area contributed by atoms with Crippen molar-refractivity contribution in [3.05, 3.63) is 23.8 Å². The SMILES string of the molecule is CCCCCOc1ccc(CCl)cc1OCC. The molecular weight excluding hydrogens is 236 g/mol. The van der Waals surface area contributed by atoms with Gasteiger partial charge in [0, 0.05) is 5.88 Å². The highest BCUT2D eigenvalue weighted by Gasteiger charge is 2.05. The Morgan fingerprint density at radius 1 is 1.06 bits per heavy atom. The van der Waals surface area contributed by atoms with E-state index in [4.69, 9.17) is 21.1 Å². The minimum absolute atomic E-state index is 0.496. The molecule has 17 heavy (non-hydrogen) atoms. The highest BCUT2D eigenvalue weighted by Crippen LogP contribution is 2.29. The average molecular weight is 257 g/mol. The van der Waals surface area contributed by atoms with E-state index in [0.717, 1.165) is 30.1 Å². The van der Waals surface area contributed by atoms with Gasteiger partial charge in [0.2, 0.25) is 0 Å². The van der Waals surface area contributed by atoms with Crippen LogP contribution >= 0.6 is 11.6 Å². The monoisotopic (exact) mass is 256 g/mol. The number of benzene rings is 1. The lowest BCUT2D eigenvalue weighted by molar-refractivity contribution is 0.271. The van der Waals surface area contributed by atoms with Gasteiger partial charge >= 0.3 is 0 Å². The van der Waals surface area contributed by atoms with E-state index in [1.807, 2.05) is 25.1 Å². The molecule has 0 aliphatic rings. The van der Waals surface area contributed by atoms with E-state index in [1.165, 1.54) is 12.8 Å². The molecule has 0 bridgehead atoms. The van der Waals surface area contributed by atoms with Crippen molar-refractivity contribution in [1.29, 1.82) is 0 Å². The predicted octanol–water partition coefficient (Wildman–Crippen LogP) is 4.39. The second kappa shape index (κ2) is 8.24. The third-order valence-electron chi connectivity index (χ3n) is 2.47. The molecule has 0 spiro atoms. The molecule has 0 saturated carbocycles. The van der Waals surface area contributed by atoms with Gasteiger partial charge in [-0.1, -0.05) is 25.8 Å². The lowest BCUT2D eigenvalue weighted by atomic mass is 10.2. The number of unbranched alkanes of at least 4 members (excludes halogenated alkanes) is 2. The maximum Gasteiger partial charge on any atom is 0.161 e. The van der Waals surface area contributed by atoms with Crippen molar-refractivity contribution in [2.75, 3.05) is 13.2 Å². The Kier molecular flexibility index (Phi) is 6.87. The van der Waals surface area contributed by atoms with Crippen molar-refractivity contribution < 1.29 is 9.47 Å². The Morgan fingerprint density at radius 2 is 1.88 bits per heavy atom. The Balaban J connectivity index is 2.62. The maximum absolute atomic E-state index is 5.80. The highest BCUT2D eigenvalue weighted by atomic mass is 35.5. The minimum atomic E-state index is 0.496. The first-order valence-corrected chi connectivity index (χ1v) is 6.79. The molecule has 0 fully saturated rings. The summed E-state index contributed by atoms with van der Waals surface area (Å²) in [5.41, 5.74) is 1.05. The quantitative estimate of drug-likeness (QED) is 0.507. The average Bonchev–Trinajstić information content (AvgIpc) is 2.36. The standard InChI is InChI=1S/C14H21ClO2/c1-3-5-6-9-17-13-8-7-12(11-15)10-14(13)16-4-2/h7-8,10H,3-6,9,11H2,1-2H3. The Hall–Kier alpha value is -0.890. The largest absolute Gasteiger partial charge is 0.490 e. The van der Waals surface area contributed by atoms with Gasteiger partial charge in [0.05, 0.1) is 13.2 Å². The van der Waals surface area contributed by atoms with Gasteiger partial charge in [0.25, 0.3) is 0 Å². The number of halogens is 1. The molecule has 0 unspecified atom stereocenters. The van der Waals surface area contributed by atoms with Gasteiger partial charge in [-0.2, -0.15) is 0 Å². The highest BCUT2D eigenvalue weighted by molar-refractivity contribution is 6.17. The molecular formula is C14H21ClO2. The minimum Gasteiger partial charge on any atom is -0.490 e. The third kappa shape index (κ3) is 4.86. The Bertz CT molecular complexity index is 326. The van der Waals surface area contributed by atoms with E-state index < -0.39 is 0 Å². The van der Waals surface area contributed by atoms with E-state index in [0.29, 0.717) is 12.5 Å². The molecule has 0 saturated heterocycles. The van der Waals surface area contributed by atoms with Gasteiger partial charge in [-0.25, -0.2) is 0 Å². The fraction of sp³-hybridized carbons (Fsp3) is 0.571. The lowest BCUT2D eigenvalue weighted by Gasteiger charge is -2.12. The smallest absolute Gasteiger partial charge is 0.161 e. The number of rotatable bonds is 8. The van der Waals surface area contributed by atoms with Gasteiger partial charge < -0.3 is 9.47 Å². The zero-order chi connectivity index (χ0) is 12.5. The molecule has 2 nitrogen and oxygen atoms in total. The summed E-state index contributed by atoms with van der Waals surface area (Å²) in [5.74, 6) is 2.11. The summed E-state index contributed by atoms with van der Waals surface area (Å²) in [6, 6.07) is 5.87. The summed E-state index contributed by atoms with van der Waals surface area (Å²) in [7, 11) is 0. The zero-order valence-corrected chi connectivity index (χ0v) is 11.4. The first kappa shape index (κ1) is 14.2. The number of alkyl halides is 1. The normalized spacial score (nSPS) is 10.3. The molecule has 0 heterocycles. The molecule has 1 rings (SSSR count). The van der Waals surface area contributed by atoms with Crippen molar-refractivity contribution >= 4 is 11.6 Å².